The molecule has 0 saturated carbocycles. The number of hydrogen-bond donors (Lipinski definition) is 0. The maximum absolute atomic E-state index is 13.1. The average molecular weight is 385 g/mol. The van der Waals surface area contributed by atoms with E-state index in [1.54, 1.807) is 0 Å². The zero-order valence-corrected chi connectivity index (χ0v) is 16.1. The van der Waals surface area contributed by atoms with Gasteiger partial charge < -0.3 is 9.47 Å². The fraction of sp³-hybridized carbons (Fsp3) is 0.364. The highest BCUT2D eigenvalue weighted by atomic mass is 35.5. The Morgan fingerprint density at radius 3 is 2.48 bits per heavy atom. The van der Waals surface area contributed by atoms with Gasteiger partial charge in [-0.3, -0.25) is 9.59 Å². The minimum Gasteiger partial charge on any atom is -0.448 e. The van der Waals surface area contributed by atoms with E-state index in [2.05, 4.69) is 0 Å². The molecule has 2 aliphatic heterocycles. The molecule has 0 aromatic heterocycles. The number of hydrogen-bond acceptors (Lipinski definition) is 4. The maximum atomic E-state index is 13.1. The Hall–Kier alpha value is -2.17. The quantitative estimate of drug-likeness (QED) is 0.569. The van der Waals surface area contributed by atoms with Gasteiger partial charge in [0, 0.05) is 11.6 Å². The van der Waals surface area contributed by atoms with E-state index in [1.165, 1.54) is 0 Å². The molecule has 2 heterocycles. The van der Waals surface area contributed by atoms with Gasteiger partial charge in [-0.2, -0.15) is 0 Å². The number of carbonyl (C=O) groups is 2. The van der Waals surface area contributed by atoms with Crippen LogP contribution in [0.3, 0.4) is 0 Å². The van der Waals surface area contributed by atoms with Crippen molar-refractivity contribution in [3.63, 3.8) is 0 Å². The summed E-state index contributed by atoms with van der Waals surface area (Å²) >= 11 is 5.99. The first kappa shape index (κ1) is 18.2. The Bertz CT molecular complexity index is 911. The summed E-state index contributed by atoms with van der Waals surface area (Å²) in [7, 11) is 0. The van der Waals surface area contributed by atoms with E-state index in [-0.39, 0.29) is 12.4 Å². The molecular formula is C22H21ClO4. The smallest absolute Gasteiger partial charge is 0.322 e. The Morgan fingerprint density at radius 1 is 1.07 bits per heavy atom. The number of esters is 1. The van der Waals surface area contributed by atoms with Crippen molar-refractivity contribution in [1.82, 2.24) is 0 Å². The summed E-state index contributed by atoms with van der Waals surface area (Å²) in [5.41, 5.74) is 3.62. The van der Waals surface area contributed by atoms with Gasteiger partial charge in [0.15, 0.2) is 11.4 Å². The molecule has 0 aliphatic carbocycles. The first-order chi connectivity index (χ1) is 12.9. The van der Waals surface area contributed by atoms with Crippen molar-refractivity contribution in [2.24, 2.45) is 0 Å². The third-order valence-electron chi connectivity index (χ3n) is 5.53. The zero-order chi connectivity index (χ0) is 19.2. The molecule has 2 atom stereocenters. The number of ketones is 1. The lowest BCUT2D eigenvalue weighted by Gasteiger charge is -2.29. The van der Waals surface area contributed by atoms with Crippen LogP contribution in [0.2, 0.25) is 5.02 Å². The summed E-state index contributed by atoms with van der Waals surface area (Å²) in [6.07, 6.45) is 1.26. The molecule has 1 spiro atoms. The van der Waals surface area contributed by atoms with E-state index < -0.39 is 17.5 Å². The third-order valence-corrected chi connectivity index (χ3v) is 5.78. The molecule has 0 N–H and O–H groups in total. The second-order valence-corrected chi connectivity index (χ2v) is 7.84. The van der Waals surface area contributed by atoms with Gasteiger partial charge in [-0.15, -0.1) is 0 Å². The summed E-state index contributed by atoms with van der Waals surface area (Å²) in [5.74, 6) is -1.51. The zero-order valence-electron chi connectivity index (χ0n) is 15.4. The van der Waals surface area contributed by atoms with Gasteiger partial charge in [-0.05, 0) is 66.6 Å². The van der Waals surface area contributed by atoms with E-state index in [0.29, 0.717) is 18.1 Å². The predicted molar refractivity (Wildman–Crippen MR) is 103 cm³/mol. The third kappa shape index (κ3) is 3.07. The summed E-state index contributed by atoms with van der Waals surface area (Å²) in [6.45, 7) is 4.67. The van der Waals surface area contributed by atoms with Crippen LogP contribution in [-0.4, -0.2) is 30.6 Å². The molecule has 5 heteroatoms. The highest BCUT2D eigenvalue weighted by molar-refractivity contribution is 6.30. The minimum absolute atomic E-state index is 0.162. The topological polar surface area (TPSA) is 52.6 Å². The second kappa shape index (κ2) is 6.77. The van der Waals surface area contributed by atoms with Crippen LogP contribution < -0.4 is 0 Å². The standard InChI is InChI=1S/C22H21ClO4/c1-13-11-18(14(2)10-17(13)15-4-6-16(23)7-5-15)19-20(24)22(27-21(19)25)8-3-9-26-12-22/h4-7,10-11,19H,3,8-9,12H2,1-2H3. The normalized spacial score (nSPS) is 25.1. The summed E-state index contributed by atoms with van der Waals surface area (Å²) in [6, 6.07) is 11.6. The number of ether oxygens (including phenoxy) is 2. The molecule has 2 unspecified atom stereocenters. The van der Waals surface area contributed by atoms with Crippen molar-refractivity contribution >= 4 is 23.4 Å². The highest BCUT2D eigenvalue weighted by Gasteiger charge is 2.56. The van der Waals surface area contributed by atoms with Crippen molar-refractivity contribution in [2.45, 2.75) is 38.2 Å². The van der Waals surface area contributed by atoms with Crippen molar-refractivity contribution in [3.05, 3.63) is 58.1 Å². The van der Waals surface area contributed by atoms with Crippen LogP contribution in [0, 0.1) is 13.8 Å². The Morgan fingerprint density at radius 2 is 1.81 bits per heavy atom. The first-order valence-electron chi connectivity index (χ1n) is 9.13. The van der Waals surface area contributed by atoms with Gasteiger partial charge in [-0.1, -0.05) is 35.9 Å². The molecule has 0 amide bonds. The number of Topliss-reactive ketones (excluding diaryl/α,β-unsaturated/α-hetero) is 1. The number of benzene rings is 2. The fourth-order valence-corrected chi connectivity index (χ4v) is 4.20. The van der Waals surface area contributed by atoms with E-state index in [1.807, 2.05) is 50.2 Å². The van der Waals surface area contributed by atoms with Gasteiger partial charge in [-0.25, -0.2) is 0 Å². The van der Waals surface area contributed by atoms with Crippen molar-refractivity contribution in [3.8, 4) is 11.1 Å². The minimum atomic E-state index is -1.10. The number of carbonyl (C=O) groups excluding carboxylic acids is 2. The van der Waals surface area contributed by atoms with Crippen molar-refractivity contribution in [1.29, 1.82) is 0 Å². The second-order valence-electron chi connectivity index (χ2n) is 7.40. The molecule has 4 rings (SSSR count). The van der Waals surface area contributed by atoms with Gasteiger partial charge in [0.2, 0.25) is 0 Å². The highest BCUT2D eigenvalue weighted by Crippen LogP contribution is 2.41. The fourth-order valence-electron chi connectivity index (χ4n) is 4.07. The molecule has 4 nitrogen and oxygen atoms in total. The van der Waals surface area contributed by atoms with Crippen LogP contribution in [0.15, 0.2) is 36.4 Å². The van der Waals surface area contributed by atoms with Crippen LogP contribution in [0.1, 0.15) is 35.4 Å². The van der Waals surface area contributed by atoms with Crippen LogP contribution >= 0.6 is 11.6 Å². The van der Waals surface area contributed by atoms with Crippen LogP contribution in [-0.2, 0) is 19.1 Å². The van der Waals surface area contributed by atoms with Gasteiger partial charge >= 0.3 is 5.97 Å². The molecule has 0 radical (unpaired) electrons. The summed E-state index contributed by atoms with van der Waals surface area (Å²) in [5, 5.41) is 0.684. The largest absolute Gasteiger partial charge is 0.448 e. The van der Waals surface area contributed by atoms with Gasteiger partial charge in [0.1, 0.15) is 5.92 Å². The van der Waals surface area contributed by atoms with Crippen molar-refractivity contribution in [2.75, 3.05) is 13.2 Å². The lowest BCUT2D eigenvalue weighted by molar-refractivity contribution is -0.164. The molecular weight excluding hydrogens is 364 g/mol. The summed E-state index contributed by atoms with van der Waals surface area (Å²) in [4.78, 5) is 25.7. The van der Waals surface area contributed by atoms with Crippen molar-refractivity contribution < 1.29 is 19.1 Å². The molecule has 140 valence electrons. The van der Waals surface area contributed by atoms with E-state index in [9.17, 15) is 9.59 Å². The first-order valence-corrected chi connectivity index (χ1v) is 9.51. The predicted octanol–water partition coefficient (Wildman–Crippen LogP) is 4.38. The molecule has 2 saturated heterocycles. The lowest BCUT2D eigenvalue weighted by Crippen LogP contribution is -2.45. The van der Waals surface area contributed by atoms with Gasteiger partial charge in [0.05, 0.1) is 6.61 Å². The Kier molecular flexibility index (Phi) is 4.57. The van der Waals surface area contributed by atoms with Crippen LogP contribution in [0.4, 0.5) is 0 Å². The van der Waals surface area contributed by atoms with E-state index in [0.717, 1.165) is 34.2 Å². The van der Waals surface area contributed by atoms with Crippen LogP contribution in [0.25, 0.3) is 11.1 Å². The number of rotatable bonds is 2. The average Bonchev–Trinajstić information content (AvgIpc) is 2.88. The SMILES string of the molecule is Cc1cc(C2C(=O)OC3(CCCOC3)C2=O)c(C)cc1-c1ccc(Cl)cc1. The van der Waals surface area contributed by atoms with E-state index >= 15 is 0 Å². The lowest BCUT2D eigenvalue weighted by atomic mass is 9.81. The molecule has 2 aromatic rings. The van der Waals surface area contributed by atoms with Crippen LogP contribution in [0.5, 0.6) is 0 Å². The molecule has 2 fully saturated rings. The van der Waals surface area contributed by atoms with Gasteiger partial charge in [0.25, 0.3) is 0 Å². The Labute approximate surface area is 163 Å². The maximum Gasteiger partial charge on any atom is 0.322 e. The summed E-state index contributed by atoms with van der Waals surface area (Å²) < 4.78 is 11.0. The molecule has 27 heavy (non-hydrogen) atoms. The number of halogens is 1. The molecule has 0 bridgehead atoms. The molecule has 2 aliphatic rings. The monoisotopic (exact) mass is 384 g/mol. The Balaban J connectivity index is 1.72. The number of aryl methyl sites for hydroxylation is 2. The molecule has 2 aromatic carbocycles. The van der Waals surface area contributed by atoms with E-state index in [4.69, 9.17) is 21.1 Å².